The van der Waals surface area contributed by atoms with E-state index in [1.165, 1.54) is 0 Å². The summed E-state index contributed by atoms with van der Waals surface area (Å²) < 4.78 is 0. The molecule has 0 radical (unpaired) electrons. The first-order chi connectivity index (χ1) is 10.3. The first-order valence-corrected chi connectivity index (χ1v) is 7.76. The molecule has 3 N–H and O–H groups in total. The summed E-state index contributed by atoms with van der Waals surface area (Å²) in [5.74, 6) is -0.460. The van der Waals surface area contributed by atoms with E-state index in [9.17, 15) is 9.59 Å². The van der Waals surface area contributed by atoms with E-state index in [2.05, 4.69) is 10.2 Å². The molecule has 0 aliphatic carbocycles. The van der Waals surface area contributed by atoms with E-state index in [0.717, 1.165) is 24.9 Å². The van der Waals surface area contributed by atoms with Gasteiger partial charge < -0.3 is 5.73 Å². The van der Waals surface area contributed by atoms with Crippen LogP contribution in [-0.2, 0) is 16.0 Å². The van der Waals surface area contributed by atoms with Gasteiger partial charge in [0.05, 0.1) is 12.5 Å². The number of nitrogens with zero attached hydrogens (tertiary/aromatic N) is 1. The summed E-state index contributed by atoms with van der Waals surface area (Å²) in [4.78, 5) is 26.4. The Bertz CT molecular complexity index is 522. The minimum Gasteiger partial charge on any atom is -0.324 e. The van der Waals surface area contributed by atoms with E-state index in [0.29, 0.717) is 6.54 Å². The van der Waals surface area contributed by atoms with Crippen molar-refractivity contribution in [2.75, 3.05) is 13.1 Å². The van der Waals surface area contributed by atoms with Gasteiger partial charge >= 0.3 is 0 Å². The van der Waals surface area contributed by atoms with Gasteiger partial charge in [-0.1, -0.05) is 30.3 Å². The average molecular weight is 303 g/mol. The minimum absolute atomic E-state index is 0.206. The number of carbonyl (C=O) groups is 2. The second-order valence-electron chi connectivity index (χ2n) is 6.69. The number of likely N-dealkylation sites (tertiary alicyclic amines) is 1. The Kier molecular flexibility index (Phi) is 5.32. The van der Waals surface area contributed by atoms with Gasteiger partial charge in [0.2, 0.25) is 11.8 Å². The van der Waals surface area contributed by atoms with Gasteiger partial charge in [0.25, 0.3) is 0 Å². The van der Waals surface area contributed by atoms with E-state index in [4.69, 9.17) is 5.73 Å². The van der Waals surface area contributed by atoms with Crippen molar-refractivity contribution in [1.82, 2.24) is 10.2 Å². The van der Waals surface area contributed by atoms with Gasteiger partial charge in [0, 0.05) is 12.1 Å². The van der Waals surface area contributed by atoms with Crippen LogP contribution in [-0.4, -0.2) is 41.4 Å². The molecule has 120 valence electrons. The summed E-state index contributed by atoms with van der Waals surface area (Å²) >= 11 is 0. The molecule has 1 fully saturated rings. The van der Waals surface area contributed by atoms with Crippen LogP contribution in [0, 0.1) is 0 Å². The summed E-state index contributed by atoms with van der Waals surface area (Å²) in [7, 11) is 0. The molecule has 0 spiro atoms. The van der Waals surface area contributed by atoms with Crippen LogP contribution in [0.2, 0.25) is 0 Å². The van der Waals surface area contributed by atoms with Gasteiger partial charge in [-0.2, -0.15) is 0 Å². The summed E-state index contributed by atoms with van der Waals surface area (Å²) in [6.45, 7) is 5.39. The molecule has 5 heteroatoms. The van der Waals surface area contributed by atoms with Crippen molar-refractivity contribution in [3.8, 4) is 0 Å². The predicted octanol–water partition coefficient (Wildman–Crippen LogP) is 1.07. The van der Waals surface area contributed by atoms with Crippen molar-refractivity contribution in [3.63, 3.8) is 0 Å². The van der Waals surface area contributed by atoms with Crippen LogP contribution < -0.4 is 11.1 Å². The topological polar surface area (TPSA) is 75.4 Å². The maximum absolute atomic E-state index is 12.3. The number of nitrogens with two attached hydrogens (primary N) is 1. The number of imide groups is 1. The molecule has 0 bridgehead atoms. The molecule has 1 aromatic carbocycles. The Morgan fingerprint density at radius 3 is 2.64 bits per heavy atom. The van der Waals surface area contributed by atoms with Crippen molar-refractivity contribution in [2.24, 2.45) is 5.73 Å². The molecule has 22 heavy (non-hydrogen) atoms. The number of amides is 2. The molecular formula is C17H25N3O2. The zero-order valence-electron chi connectivity index (χ0n) is 13.3. The largest absolute Gasteiger partial charge is 0.324 e. The Labute approximate surface area is 131 Å². The fourth-order valence-electron chi connectivity index (χ4n) is 2.88. The van der Waals surface area contributed by atoms with Crippen LogP contribution in [0.3, 0.4) is 0 Å². The smallest absolute Gasteiger partial charge is 0.243 e. The van der Waals surface area contributed by atoms with Gasteiger partial charge in [-0.05, 0) is 38.8 Å². The first kappa shape index (κ1) is 16.6. The molecule has 0 aromatic heterocycles. The quantitative estimate of drug-likeness (QED) is 0.853. The Balaban J connectivity index is 1.89. The zero-order chi connectivity index (χ0) is 16.2. The lowest BCUT2D eigenvalue weighted by Gasteiger charge is -2.30. The highest BCUT2D eigenvalue weighted by Crippen LogP contribution is 2.19. The molecular weight excluding hydrogens is 278 g/mol. The van der Waals surface area contributed by atoms with Gasteiger partial charge in [-0.25, -0.2) is 0 Å². The SMILES string of the molecule is CC(C)(N)CN1CCC[C@H]1C(=O)NC(=O)Cc1ccccc1. The summed E-state index contributed by atoms with van der Waals surface area (Å²) in [5.41, 5.74) is 6.59. The fourth-order valence-corrected chi connectivity index (χ4v) is 2.88. The Morgan fingerprint density at radius 2 is 2.00 bits per heavy atom. The maximum atomic E-state index is 12.3. The normalized spacial score (nSPS) is 19.1. The summed E-state index contributed by atoms with van der Waals surface area (Å²) in [6.07, 6.45) is 1.96. The molecule has 1 saturated heterocycles. The van der Waals surface area contributed by atoms with Crippen LogP contribution in [0.25, 0.3) is 0 Å². The monoisotopic (exact) mass is 303 g/mol. The van der Waals surface area contributed by atoms with Gasteiger partial charge in [0.1, 0.15) is 0 Å². The molecule has 5 nitrogen and oxygen atoms in total. The third kappa shape index (κ3) is 4.93. The molecule has 1 aliphatic heterocycles. The van der Waals surface area contributed by atoms with Crippen molar-refractivity contribution in [3.05, 3.63) is 35.9 Å². The molecule has 2 rings (SSSR count). The molecule has 0 saturated carbocycles. The fraction of sp³-hybridized carbons (Fsp3) is 0.529. The van der Waals surface area contributed by atoms with Crippen LogP contribution in [0.1, 0.15) is 32.3 Å². The number of rotatable bonds is 5. The van der Waals surface area contributed by atoms with E-state index in [-0.39, 0.29) is 29.8 Å². The number of benzene rings is 1. The van der Waals surface area contributed by atoms with Crippen molar-refractivity contribution in [2.45, 2.75) is 44.7 Å². The number of hydrogen-bond donors (Lipinski definition) is 2. The van der Waals surface area contributed by atoms with Crippen molar-refractivity contribution in [1.29, 1.82) is 0 Å². The Hall–Kier alpha value is -1.72. The molecule has 1 aliphatic rings. The average Bonchev–Trinajstić information content (AvgIpc) is 2.85. The highest BCUT2D eigenvalue weighted by atomic mass is 16.2. The number of hydrogen-bond acceptors (Lipinski definition) is 4. The molecule has 2 amide bonds. The molecule has 1 heterocycles. The second kappa shape index (κ2) is 7.03. The van der Waals surface area contributed by atoms with E-state index >= 15 is 0 Å². The Morgan fingerprint density at radius 1 is 1.32 bits per heavy atom. The van der Waals surface area contributed by atoms with Crippen molar-refractivity contribution >= 4 is 11.8 Å². The van der Waals surface area contributed by atoms with Gasteiger partial charge in [-0.3, -0.25) is 19.8 Å². The summed E-state index contributed by atoms with van der Waals surface area (Å²) in [6, 6.07) is 9.17. The van der Waals surface area contributed by atoms with E-state index < -0.39 is 0 Å². The van der Waals surface area contributed by atoms with Crippen LogP contribution in [0.4, 0.5) is 0 Å². The number of carbonyl (C=O) groups excluding carboxylic acids is 2. The van der Waals surface area contributed by atoms with E-state index in [1.54, 1.807) is 0 Å². The van der Waals surface area contributed by atoms with Gasteiger partial charge in [-0.15, -0.1) is 0 Å². The lowest BCUT2D eigenvalue weighted by molar-refractivity contribution is -0.132. The van der Waals surface area contributed by atoms with Crippen molar-refractivity contribution < 1.29 is 9.59 Å². The van der Waals surface area contributed by atoms with E-state index in [1.807, 2.05) is 44.2 Å². The first-order valence-electron chi connectivity index (χ1n) is 7.76. The minimum atomic E-state index is -0.350. The zero-order valence-corrected chi connectivity index (χ0v) is 13.3. The van der Waals surface area contributed by atoms with Crippen LogP contribution in [0.5, 0.6) is 0 Å². The maximum Gasteiger partial charge on any atom is 0.243 e. The predicted molar refractivity (Wildman–Crippen MR) is 86.2 cm³/mol. The molecule has 1 atom stereocenters. The number of nitrogens with one attached hydrogen (secondary N) is 1. The third-order valence-electron chi connectivity index (χ3n) is 3.75. The highest BCUT2D eigenvalue weighted by Gasteiger charge is 2.33. The lowest BCUT2D eigenvalue weighted by atomic mass is 10.1. The lowest BCUT2D eigenvalue weighted by Crippen LogP contribution is -2.52. The third-order valence-corrected chi connectivity index (χ3v) is 3.75. The second-order valence-corrected chi connectivity index (χ2v) is 6.69. The van der Waals surface area contributed by atoms with Gasteiger partial charge in [0.15, 0.2) is 0 Å². The van der Waals surface area contributed by atoms with Crippen LogP contribution in [0.15, 0.2) is 30.3 Å². The standard InChI is InChI=1S/C17H25N3O2/c1-17(2,18)12-20-10-6-9-14(20)16(22)19-15(21)11-13-7-4-3-5-8-13/h3-5,7-8,14H,6,9-12,18H2,1-2H3,(H,19,21,22)/t14-/m0/s1. The molecule has 0 unspecified atom stereocenters. The highest BCUT2D eigenvalue weighted by molar-refractivity contribution is 5.98. The molecule has 1 aromatic rings. The summed E-state index contributed by atoms with van der Waals surface area (Å²) in [5, 5.41) is 2.53. The van der Waals surface area contributed by atoms with Crippen LogP contribution >= 0.6 is 0 Å².